The summed E-state index contributed by atoms with van der Waals surface area (Å²) in [5.41, 5.74) is 1.84. The minimum absolute atomic E-state index is 0.0680. The number of carbonyl (C=O) groups is 4. The van der Waals surface area contributed by atoms with Crippen molar-refractivity contribution in [2.45, 2.75) is 46.1 Å². The van der Waals surface area contributed by atoms with Crippen molar-refractivity contribution in [3.05, 3.63) is 29.8 Å². The monoisotopic (exact) mass is 430 g/mol. The molecule has 2 amide bonds. The number of hydrogen-bond acceptors (Lipinski definition) is 6. The molecule has 2 heterocycles. The molecule has 0 unspecified atom stereocenters. The van der Waals surface area contributed by atoms with Gasteiger partial charge in [-0.2, -0.15) is 0 Å². The third kappa shape index (κ3) is 5.42. The molecule has 0 radical (unpaired) electrons. The third-order valence-electron chi connectivity index (χ3n) is 5.87. The van der Waals surface area contributed by atoms with Gasteiger partial charge in [-0.25, -0.2) is 0 Å². The molecule has 8 nitrogen and oxygen atoms in total. The fourth-order valence-electron chi connectivity index (χ4n) is 4.01. The molecule has 0 N–H and O–H groups in total. The largest absolute Gasteiger partial charge is 0.466 e. The Morgan fingerprint density at radius 3 is 2.32 bits per heavy atom. The molecule has 31 heavy (non-hydrogen) atoms. The molecule has 3 rings (SSSR count). The second-order valence-electron chi connectivity index (χ2n) is 8.17. The van der Waals surface area contributed by atoms with Crippen LogP contribution in [0, 0.1) is 18.8 Å². The van der Waals surface area contributed by atoms with Crippen molar-refractivity contribution < 1.29 is 28.7 Å². The molecule has 8 heteroatoms. The molecule has 0 bridgehead atoms. The molecular weight excluding hydrogens is 400 g/mol. The average Bonchev–Trinajstić information content (AvgIpc) is 3.15. The highest BCUT2D eigenvalue weighted by Gasteiger charge is 2.38. The Balaban J connectivity index is 1.50. The summed E-state index contributed by atoms with van der Waals surface area (Å²) < 4.78 is 10.5. The van der Waals surface area contributed by atoms with Gasteiger partial charge in [-0.1, -0.05) is 17.7 Å². The Morgan fingerprint density at radius 2 is 1.71 bits per heavy atom. The van der Waals surface area contributed by atoms with E-state index in [0.29, 0.717) is 32.5 Å². The summed E-state index contributed by atoms with van der Waals surface area (Å²) >= 11 is 0. The van der Waals surface area contributed by atoms with Gasteiger partial charge in [0, 0.05) is 31.7 Å². The molecular formula is C23H30N2O6. The van der Waals surface area contributed by atoms with Crippen molar-refractivity contribution in [1.29, 1.82) is 0 Å². The number of anilines is 1. The van der Waals surface area contributed by atoms with E-state index in [1.165, 1.54) is 0 Å². The standard InChI is InChI=1S/C23H30N2O6/c1-4-30-22(28)17-9-11-24(12-10-17)21(27)16(3)31-23(29)18-13-20(26)25(14-18)19-7-5-15(2)6-8-19/h5-8,16-18H,4,9-14H2,1-3H3/t16-,18+/m0/s1. The first-order chi connectivity index (χ1) is 14.8. The van der Waals surface area contributed by atoms with E-state index in [0.717, 1.165) is 11.3 Å². The number of benzene rings is 1. The lowest BCUT2D eigenvalue weighted by Crippen LogP contribution is -2.46. The zero-order valence-electron chi connectivity index (χ0n) is 18.3. The lowest BCUT2D eigenvalue weighted by Gasteiger charge is -2.32. The van der Waals surface area contributed by atoms with Gasteiger partial charge in [0.05, 0.1) is 18.4 Å². The van der Waals surface area contributed by atoms with Crippen molar-refractivity contribution in [2.24, 2.45) is 11.8 Å². The van der Waals surface area contributed by atoms with E-state index in [1.807, 2.05) is 31.2 Å². The Hall–Kier alpha value is -2.90. The minimum atomic E-state index is -0.935. The summed E-state index contributed by atoms with van der Waals surface area (Å²) in [6.07, 6.45) is 0.204. The summed E-state index contributed by atoms with van der Waals surface area (Å²) in [5, 5.41) is 0. The number of likely N-dealkylation sites (tertiary alicyclic amines) is 1. The van der Waals surface area contributed by atoms with Crippen LogP contribution in [0.1, 0.15) is 38.7 Å². The number of rotatable bonds is 6. The smallest absolute Gasteiger partial charge is 0.312 e. The van der Waals surface area contributed by atoms with Gasteiger partial charge in [0.1, 0.15) is 0 Å². The molecule has 2 fully saturated rings. The first kappa shape index (κ1) is 22.8. The second-order valence-corrected chi connectivity index (χ2v) is 8.17. The van der Waals surface area contributed by atoms with Crippen LogP contribution in [-0.2, 0) is 28.7 Å². The van der Waals surface area contributed by atoms with Crippen LogP contribution in [0.5, 0.6) is 0 Å². The zero-order valence-corrected chi connectivity index (χ0v) is 18.3. The quantitative estimate of drug-likeness (QED) is 0.642. The Bertz CT molecular complexity index is 829. The van der Waals surface area contributed by atoms with E-state index in [4.69, 9.17) is 9.47 Å². The number of piperidine rings is 1. The van der Waals surface area contributed by atoms with Gasteiger partial charge >= 0.3 is 11.9 Å². The van der Waals surface area contributed by atoms with Crippen molar-refractivity contribution in [3.63, 3.8) is 0 Å². The third-order valence-corrected chi connectivity index (χ3v) is 5.87. The summed E-state index contributed by atoms with van der Waals surface area (Å²) in [7, 11) is 0. The number of amides is 2. The fourth-order valence-corrected chi connectivity index (χ4v) is 4.01. The maximum absolute atomic E-state index is 12.7. The lowest BCUT2D eigenvalue weighted by atomic mass is 9.96. The van der Waals surface area contributed by atoms with Crippen molar-refractivity contribution in [3.8, 4) is 0 Å². The first-order valence-electron chi connectivity index (χ1n) is 10.8. The van der Waals surface area contributed by atoms with E-state index in [2.05, 4.69) is 0 Å². The molecule has 1 aromatic carbocycles. The highest BCUT2D eigenvalue weighted by molar-refractivity contribution is 5.99. The van der Waals surface area contributed by atoms with Crippen molar-refractivity contribution >= 4 is 29.4 Å². The van der Waals surface area contributed by atoms with Gasteiger partial charge in [-0.3, -0.25) is 19.2 Å². The summed E-state index contributed by atoms with van der Waals surface area (Å²) in [5.74, 6) is -1.97. The van der Waals surface area contributed by atoms with Crippen LogP contribution >= 0.6 is 0 Å². The van der Waals surface area contributed by atoms with E-state index < -0.39 is 18.0 Å². The van der Waals surface area contributed by atoms with Crippen LogP contribution in [0.4, 0.5) is 5.69 Å². The van der Waals surface area contributed by atoms with E-state index >= 15 is 0 Å². The molecule has 2 aliphatic heterocycles. The highest BCUT2D eigenvalue weighted by atomic mass is 16.5. The predicted molar refractivity (Wildman–Crippen MR) is 113 cm³/mol. The van der Waals surface area contributed by atoms with E-state index in [-0.39, 0.29) is 36.7 Å². The van der Waals surface area contributed by atoms with E-state index in [9.17, 15) is 19.2 Å². The van der Waals surface area contributed by atoms with Gasteiger partial charge in [0.25, 0.3) is 5.91 Å². The molecule has 2 atom stereocenters. The van der Waals surface area contributed by atoms with Gasteiger partial charge in [-0.15, -0.1) is 0 Å². The molecule has 0 aliphatic carbocycles. The van der Waals surface area contributed by atoms with Crippen LogP contribution in [0.25, 0.3) is 0 Å². The number of hydrogen-bond donors (Lipinski definition) is 0. The summed E-state index contributed by atoms with van der Waals surface area (Å²) in [6.45, 7) is 6.72. The summed E-state index contributed by atoms with van der Waals surface area (Å²) in [6, 6.07) is 7.54. The normalized spacial score (nSPS) is 20.5. The maximum atomic E-state index is 12.7. The van der Waals surface area contributed by atoms with Gasteiger partial charge < -0.3 is 19.3 Å². The van der Waals surface area contributed by atoms with Crippen LogP contribution in [0.15, 0.2) is 24.3 Å². The maximum Gasteiger partial charge on any atom is 0.312 e. The number of nitrogens with zero attached hydrogens (tertiary/aromatic N) is 2. The topological polar surface area (TPSA) is 93.2 Å². The van der Waals surface area contributed by atoms with Crippen LogP contribution in [-0.4, -0.2) is 61.0 Å². The fraction of sp³-hybridized carbons (Fsp3) is 0.565. The van der Waals surface area contributed by atoms with Crippen LogP contribution in [0.3, 0.4) is 0 Å². The SMILES string of the molecule is CCOC(=O)C1CCN(C(=O)[C@H](C)OC(=O)[C@@H]2CC(=O)N(c3ccc(C)cc3)C2)CC1. The van der Waals surface area contributed by atoms with Crippen molar-refractivity contribution in [2.75, 3.05) is 31.1 Å². The first-order valence-corrected chi connectivity index (χ1v) is 10.8. The van der Waals surface area contributed by atoms with E-state index in [1.54, 1.807) is 23.6 Å². The molecule has 2 aliphatic rings. The Labute approximate surface area is 182 Å². The summed E-state index contributed by atoms with van der Waals surface area (Å²) in [4.78, 5) is 52.7. The predicted octanol–water partition coefficient (Wildman–Crippen LogP) is 2.08. The molecule has 1 aromatic rings. The van der Waals surface area contributed by atoms with Crippen LogP contribution in [0.2, 0.25) is 0 Å². The molecule has 0 spiro atoms. The van der Waals surface area contributed by atoms with Gasteiger partial charge in [0.2, 0.25) is 5.91 Å². The molecule has 0 aromatic heterocycles. The second kappa shape index (κ2) is 9.94. The number of aryl methyl sites for hydroxylation is 1. The zero-order chi connectivity index (χ0) is 22.5. The molecule has 0 saturated carbocycles. The molecule has 168 valence electrons. The van der Waals surface area contributed by atoms with Crippen LogP contribution < -0.4 is 4.90 Å². The lowest BCUT2D eigenvalue weighted by molar-refractivity contribution is -0.163. The number of ether oxygens (including phenoxy) is 2. The van der Waals surface area contributed by atoms with Gasteiger partial charge in [-0.05, 0) is 45.7 Å². The van der Waals surface area contributed by atoms with Gasteiger partial charge in [0.15, 0.2) is 6.10 Å². The highest BCUT2D eigenvalue weighted by Crippen LogP contribution is 2.27. The number of carbonyl (C=O) groups excluding carboxylic acids is 4. The minimum Gasteiger partial charge on any atom is -0.466 e. The number of esters is 2. The average molecular weight is 431 g/mol. The van der Waals surface area contributed by atoms with Crippen molar-refractivity contribution in [1.82, 2.24) is 4.90 Å². The Morgan fingerprint density at radius 1 is 1.06 bits per heavy atom. The Kier molecular flexibility index (Phi) is 7.30. The molecule has 2 saturated heterocycles.